The maximum Gasteiger partial charge on any atom is 0.341 e. The molecule has 10 heteroatoms. The van der Waals surface area contributed by atoms with E-state index in [1.165, 1.54) is 0 Å². The lowest BCUT2D eigenvalue weighted by Crippen LogP contribution is -2.36. The molecule has 8 nitrogen and oxygen atoms in total. The fourth-order valence-electron chi connectivity index (χ4n) is 3.93. The zero-order chi connectivity index (χ0) is 23.5. The number of halogens is 2. The summed E-state index contributed by atoms with van der Waals surface area (Å²) in [6.07, 6.45) is 1.56. The molecule has 2 heterocycles. The van der Waals surface area contributed by atoms with E-state index in [1.807, 2.05) is 43.3 Å². The minimum atomic E-state index is -0.553. The first-order valence-electron chi connectivity index (χ1n) is 10.7. The topological polar surface area (TPSA) is 123 Å². The van der Waals surface area contributed by atoms with Crippen molar-refractivity contribution in [1.82, 2.24) is 10.1 Å². The first-order chi connectivity index (χ1) is 15.8. The summed E-state index contributed by atoms with van der Waals surface area (Å²) in [7, 11) is 0. The number of guanidine groups is 1. The summed E-state index contributed by atoms with van der Waals surface area (Å²) in [5.41, 5.74) is 14.4. The second-order valence-corrected chi connectivity index (χ2v) is 8.93. The molecule has 3 aromatic rings. The van der Waals surface area contributed by atoms with E-state index < -0.39 is 6.10 Å². The number of aliphatic hydroxyl groups excluding tert-OH is 1. The van der Waals surface area contributed by atoms with Crippen LogP contribution in [0.15, 0.2) is 40.9 Å². The minimum absolute atomic E-state index is 0.118. The first-order valence-corrected chi connectivity index (χ1v) is 11.4. The molecule has 0 bridgehead atoms. The van der Waals surface area contributed by atoms with Gasteiger partial charge >= 0.3 is 5.96 Å². The molecule has 0 spiro atoms. The first kappa shape index (κ1) is 23.4. The van der Waals surface area contributed by atoms with Crippen LogP contribution in [0, 0.1) is 6.92 Å². The lowest BCUT2D eigenvalue weighted by Gasteiger charge is -2.10. The van der Waals surface area contributed by atoms with Crippen LogP contribution < -0.4 is 16.2 Å². The average Bonchev–Trinajstić information content (AvgIpc) is 3.41. The predicted octanol–water partition coefficient (Wildman–Crippen LogP) is 3.46. The Morgan fingerprint density at radius 3 is 2.76 bits per heavy atom. The molecule has 4 rings (SSSR count). The van der Waals surface area contributed by atoms with Gasteiger partial charge in [0.25, 0.3) is 5.89 Å². The summed E-state index contributed by atoms with van der Waals surface area (Å²) in [5.74, 6) is 1.74. The van der Waals surface area contributed by atoms with Crippen molar-refractivity contribution in [1.29, 1.82) is 0 Å². The Morgan fingerprint density at radius 1 is 1.21 bits per heavy atom. The Morgan fingerprint density at radius 2 is 2.03 bits per heavy atom. The van der Waals surface area contributed by atoms with Crippen LogP contribution in [0.1, 0.15) is 35.9 Å². The highest BCUT2D eigenvalue weighted by Gasteiger charge is 2.36. The van der Waals surface area contributed by atoms with Crippen molar-refractivity contribution in [3.63, 3.8) is 0 Å². The Labute approximate surface area is 201 Å². The molecule has 1 aliphatic rings. The molecule has 0 unspecified atom stereocenters. The fraction of sp³-hybridized carbons (Fsp3) is 0.348. The van der Waals surface area contributed by atoms with Gasteiger partial charge in [-0.25, -0.2) is 0 Å². The Kier molecular flexibility index (Phi) is 7.07. The highest BCUT2D eigenvalue weighted by atomic mass is 35.5. The number of rotatable bonds is 7. The van der Waals surface area contributed by atoms with E-state index in [-0.39, 0.29) is 12.0 Å². The largest absolute Gasteiger partial charge is 0.493 e. The summed E-state index contributed by atoms with van der Waals surface area (Å²) in [6, 6.07) is 11.1. The molecule has 0 radical (unpaired) electrons. The van der Waals surface area contributed by atoms with Gasteiger partial charge in [0.15, 0.2) is 6.04 Å². The summed E-state index contributed by atoms with van der Waals surface area (Å²) in [6.45, 7) is 2.88. The van der Waals surface area contributed by atoms with Crippen LogP contribution in [-0.4, -0.2) is 45.0 Å². The van der Waals surface area contributed by atoms with E-state index in [0.29, 0.717) is 41.3 Å². The zero-order valence-corrected chi connectivity index (χ0v) is 19.7. The van der Waals surface area contributed by atoms with Crippen molar-refractivity contribution >= 4 is 29.2 Å². The smallest absolute Gasteiger partial charge is 0.341 e. The van der Waals surface area contributed by atoms with Gasteiger partial charge in [-0.05, 0) is 61.2 Å². The Balaban J connectivity index is 1.38. The molecule has 1 aliphatic heterocycles. The SMILES string of the molecule is Cc1cc(-c2noc([C@@H]3C[C@@H](O)C[N+]3=C(N)N)n2)ccc1OCCCc1ccc(Cl)c(Cl)c1. The Hall–Kier alpha value is -2.81. The maximum absolute atomic E-state index is 9.97. The number of nitrogens with two attached hydrogens (primary N) is 2. The molecule has 174 valence electrons. The van der Waals surface area contributed by atoms with Gasteiger partial charge in [-0.3, -0.25) is 16.0 Å². The van der Waals surface area contributed by atoms with E-state index in [9.17, 15) is 5.11 Å². The molecule has 1 aromatic heterocycles. The number of benzene rings is 2. The van der Waals surface area contributed by atoms with Crippen LogP contribution in [0.25, 0.3) is 11.4 Å². The van der Waals surface area contributed by atoms with Crippen LogP contribution in [0.4, 0.5) is 0 Å². The lowest BCUT2D eigenvalue weighted by molar-refractivity contribution is -0.557. The Bertz CT molecular complexity index is 1180. The number of aliphatic hydroxyl groups is 1. The van der Waals surface area contributed by atoms with Crippen molar-refractivity contribution in [3.05, 3.63) is 63.5 Å². The molecule has 0 amide bonds. The third kappa shape index (κ3) is 5.40. The van der Waals surface area contributed by atoms with E-state index in [4.69, 9.17) is 43.9 Å². The third-order valence-corrected chi connectivity index (χ3v) is 6.36. The minimum Gasteiger partial charge on any atom is -0.493 e. The molecule has 0 aliphatic carbocycles. The molecule has 0 saturated carbocycles. The molecule has 5 N–H and O–H groups in total. The summed E-state index contributed by atoms with van der Waals surface area (Å²) >= 11 is 12.0. The zero-order valence-electron chi connectivity index (χ0n) is 18.2. The van der Waals surface area contributed by atoms with E-state index in [1.54, 1.807) is 4.58 Å². The van der Waals surface area contributed by atoms with Crippen molar-refractivity contribution < 1.29 is 18.9 Å². The number of nitrogens with zero attached hydrogens (tertiary/aromatic N) is 3. The third-order valence-electron chi connectivity index (χ3n) is 5.62. The van der Waals surface area contributed by atoms with Crippen molar-refractivity contribution in [2.45, 2.75) is 38.3 Å². The normalized spacial score (nSPS) is 18.0. The number of ether oxygens (including phenoxy) is 1. The van der Waals surface area contributed by atoms with Gasteiger partial charge in [-0.1, -0.05) is 34.4 Å². The van der Waals surface area contributed by atoms with Gasteiger partial charge in [-0.15, -0.1) is 0 Å². The van der Waals surface area contributed by atoms with Crippen molar-refractivity contribution in [2.24, 2.45) is 11.5 Å². The van der Waals surface area contributed by atoms with Crippen molar-refractivity contribution in [3.8, 4) is 17.1 Å². The highest BCUT2D eigenvalue weighted by Crippen LogP contribution is 2.30. The number of aryl methyl sites for hydroxylation is 2. The fourth-order valence-corrected chi connectivity index (χ4v) is 4.25. The molecular weight excluding hydrogens is 465 g/mol. The predicted molar refractivity (Wildman–Crippen MR) is 127 cm³/mol. The maximum atomic E-state index is 9.97. The van der Waals surface area contributed by atoms with Gasteiger partial charge in [0.2, 0.25) is 5.82 Å². The van der Waals surface area contributed by atoms with Gasteiger partial charge in [-0.2, -0.15) is 4.98 Å². The number of hydrogen-bond donors (Lipinski definition) is 3. The molecule has 1 saturated heterocycles. The van der Waals surface area contributed by atoms with Gasteiger partial charge in [0.05, 0.1) is 29.3 Å². The van der Waals surface area contributed by atoms with Crippen LogP contribution in [0.5, 0.6) is 5.75 Å². The van der Waals surface area contributed by atoms with Crippen LogP contribution >= 0.6 is 23.2 Å². The second kappa shape index (κ2) is 9.99. The van der Waals surface area contributed by atoms with Crippen molar-refractivity contribution in [2.75, 3.05) is 13.2 Å². The van der Waals surface area contributed by atoms with Gasteiger partial charge in [0.1, 0.15) is 5.75 Å². The number of β-amino-alcohol motifs (C(OH)–C–C–N with tert-alkyl or cyclic N) is 1. The van der Waals surface area contributed by atoms with E-state index in [2.05, 4.69) is 10.1 Å². The van der Waals surface area contributed by atoms with Crippen LogP contribution in [0.2, 0.25) is 10.0 Å². The summed E-state index contributed by atoms with van der Waals surface area (Å²) < 4.78 is 13.1. The summed E-state index contributed by atoms with van der Waals surface area (Å²) in [5, 5.41) is 15.2. The second-order valence-electron chi connectivity index (χ2n) is 8.12. The standard InChI is InChI=1S/C23H25Cl2N5O3/c1-13-9-15(21-28-22(33-29-21)19-11-16(31)12-30(19)23(26)27)5-7-20(13)32-8-2-3-14-4-6-17(24)18(25)10-14/h4-7,9-10,16,19,31H,2-3,8,11-12H2,1H3,(H3,26,27)/p+1/t16-,19+/m1/s1. The van der Waals surface area contributed by atoms with E-state index >= 15 is 0 Å². The van der Waals surface area contributed by atoms with Crippen LogP contribution in [-0.2, 0) is 6.42 Å². The van der Waals surface area contributed by atoms with Gasteiger partial charge < -0.3 is 14.4 Å². The van der Waals surface area contributed by atoms with Crippen LogP contribution in [0.3, 0.4) is 0 Å². The molecule has 2 atom stereocenters. The molecule has 2 aromatic carbocycles. The molecular formula is C23H26Cl2N5O3+. The monoisotopic (exact) mass is 490 g/mol. The van der Waals surface area contributed by atoms with Gasteiger partial charge in [0, 0.05) is 12.0 Å². The number of hydrogen-bond acceptors (Lipinski definition) is 5. The lowest BCUT2D eigenvalue weighted by atomic mass is 10.1. The summed E-state index contributed by atoms with van der Waals surface area (Å²) in [4.78, 5) is 4.51. The quantitative estimate of drug-likeness (QED) is 0.263. The van der Waals surface area contributed by atoms with E-state index in [0.717, 1.165) is 35.3 Å². The molecule has 1 fully saturated rings. The number of aromatic nitrogens is 2. The average molecular weight is 491 g/mol. The highest BCUT2D eigenvalue weighted by molar-refractivity contribution is 6.42. The molecule has 33 heavy (non-hydrogen) atoms.